The maximum Gasteiger partial charge on any atom is 0.281 e. The molecule has 1 aliphatic heterocycles. The second-order valence-electron chi connectivity index (χ2n) is 5.68. The number of hydrogen-bond acceptors (Lipinski definition) is 4. The number of benzene rings is 1. The van der Waals surface area contributed by atoms with Crippen molar-refractivity contribution in [2.24, 2.45) is 0 Å². The molecule has 1 atom stereocenters. The highest BCUT2D eigenvalue weighted by atomic mass is 16.3. The highest BCUT2D eigenvalue weighted by Gasteiger charge is 2.34. The molecule has 1 saturated heterocycles. The standard InChI is InChI=1S/C18H15N3O3/c22-17(14-8-11-24-12-14)21-10-7-16(19-21)20-9-6-15(18(20)23)13-4-2-1-3-5-13/h1-5,7-8,10-12,15H,6,9H2. The van der Waals surface area contributed by atoms with Crippen LogP contribution in [0.25, 0.3) is 0 Å². The normalized spacial score (nSPS) is 17.4. The molecule has 4 rings (SSSR count). The quantitative estimate of drug-likeness (QED) is 0.744. The SMILES string of the molecule is O=C1C(c2ccccc2)CCN1c1ccn(C(=O)c2ccoc2)n1. The number of nitrogens with zero attached hydrogens (tertiary/aromatic N) is 3. The van der Waals surface area contributed by atoms with Crippen LogP contribution < -0.4 is 4.90 Å². The summed E-state index contributed by atoms with van der Waals surface area (Å²) in [6.45, 7) is 0.593. The maximum absolute atomic E-state index is 12.7. The Bertz CT molecular complexity index is 868. The van der Waals surface area contributed by atoms with E-state index in [1.165, 1.54) is 17.2 Å². The van der Waals surface area contributed by atoms with Crippen molar-refractivity contribution in [2.45, 2.75) is 12.3 Å². The molecule has 6 heteroatoms. The Labute approximate surface area is 138 Å². The van der Waals surface area contributed by atoms with Crippen molar-refractivity contribution in [3.8, 4) is 0 Å². The fourth-order valence-corrected chi connectivity index (χ4v) is 2.99. The minimum atomic E-state index is -0.291. The van der Waals surface area contributed by atoms with Crippen LogP contribution in [0, 0.1) is 0 Å². The van der Waals surface area contributed by atoms with Crippen molar-refractivity contribution in [3.63, 3.8) is 0 Å². The van der Waals surface area contributed by atoms with Gasteiger partial charge in [0.1, 0.15) is 6.26 Å². The number of furan rings is 1. The summed E-state index contributed by atoms with van der Waals surface area (Å²) < 4.78 is 6.14. The maximum atomic E-state index is 12.7. The summed E-state index contributed by atoms with van der Waals surface area (Å²) in [7, 11) is 0. The van der Waals surface area contributed by atoms with Gasteiger partial charge in [0.2, 0.25) is 5.91 Å². The highest BCUT2D eigenvalue weighted by molar-refractivity contribution is 6.00. The Hall–Kier alpha value is -3.15. The molecule has 0 radical (unpaired) electrons. The number of carbonyl (C=O) groups excluding carboxylic acids is 2. The minimum absolute atomic E-state index is 0.0159. The summed E-state index contributed by atoms with van der Waals surface area (Å²) in [5.41, 5.74) is 1.43. The molecule has 3 aromatic rings. The van der Waals surface area contributed by atoms with E-state index in [1.807, 2.05) is 30.3 Å². The molecular formula is C18H15N3O3. The summed E-state index contributed by atoms with van der Waals surface area (Å²) >= 11 is 0. The van der Waals surface area contributed by atoms with Gasteiger partial charge in [-0.25, -0.2) is 4.68 Å². The fourth-order valence-electron chi connectivity index (χ4n) is 2.99. The van der Waals surface area contributed by atoms with E-state index in [9.17, 15) is 9.59 Å². The topological polar surface area (TPSA) is 68.3 Å². The van der Waals surface area contributed by atoms with Crippen molar-refractivity contribution in [3.05, 3.63) is 72.3 Å². The summed E-state index contributed by atoms with van der Waals surface area (Å²) in [5.74, 6) is 0.0691. The number of anilines is 1. The Balaban J connectivity index is 1.55. The van der Waals surface area contributed by atoms with Crippen LogP contribution in [-0.4, -0.2) is 28.1 Å². The number of carbonyl (C=O) groups is 2. The Morgan fingerprint density at radius 3 is 2.75 bits per heavy atom. The van der Waals surface area contributed by atoms with Gasteiger partial charge in [0.15, 0.2) is 5.82 Å². The number of rotatable bonds is 3. The summed E-state index contributed by atoms with van der Waals surface area (Å²) in [6, 6.07) is 13.0. The lowest BCUT2D eigenvalue weighted by atomic mass is 9.98. The average molecular weight is 321 g/mol. The summed E-state index contributed by atoms with van der Waals surface area (Å²) in [6.07, 6.45) is 5.11. The van der Waals surface area contributed by atoms with Gasteiger partial charge in [-0.05, 0) is 18.1 Å². The van der Waals surface area contributed by atoms with Crippen LogP contribution in [0.15, 0.2) is 65.6 Å². The van der Waals surface area contributed by atoms with E-state index in [2.05, 4.69) is 5.10 Å². The molecule has 0 bridgehead atoms. The molecule has 0 saturated carbocycles. The van der Waals surface area contributed by atoms with E-state index < -0.39 is 0 Å². The van der Waals surface area contributed by atoms with Crippen LogP contribution in [-0.2, 0) is 4.79 Å². The lowest BCUT2D eigenvalue weighted by Crippen LogP contribution is -2.27. The predicted molar refractivity (Wildman–Crippen MR) is 86.8 cm³/mol. The molecule has 120 valence electrons. The lowest BCUT2D eigenvalue weighted by Gasteiger charge is -2.13. The van der Waals surface area contributed by atoms with Crippen molar-refractivity contribution < 1.29 is 14.0 Å². The third-order valence-electron chi connectivity index (χ3n) is 4.24. The van der Waals surface area contributed by atoms with E-state index >= 15 is 0 Å². The first-order chi connectivity index (χ1) is 11.7. The zero-order chi connectivity index (χ0) is 16.5. The van der Waals surface area contributed by atoms with Crippen molar-refractivity contribution in [2.75, 3.05) is 11.4 Å². The molecule has 1 aromatic carbocycles. The van der Waals surface area contributed by atoms with Gasteiger partial charge in [-0.3, -0.25) is 14.5 Å². The minimum Gasteiger partial charge on any atom is -0.472 e. The monoisotopic (exact) mass is 321 g/mol. The van der Waals surface area contributed by atoms with Crippen LogP contribution in [0.5, 0.6) is 0 Å². The van der Waals surface area contributed by atoms with Crippen LogP contribution >= 0.6 is 0 Å². The van der Waals surface area contributed by atoms with E-state index in [0.29, 0.717) is 17.9 Å². The van der Waals surface area contributed by atoms with Crippen molar-refractivity contribution >= 4 is 17.6 Å². The van der Waals surface area contributed by atoms with E-state index in [4.69, 9.17) is 4.42 Å². The molecule has 2 aromatic heterocycles. The molecule has 0 N–H and O–H groups in total. The van der Waals surface area contributed by atoms with Gasteiger partial charge in [-0.15, -0.1) is 5.10 Å². The first-order valence-electron chi connectivity index (χ1n) is 7.73. The summed E-state index contributed by atoms with van der Waals surface area (Å²) in [5, 5.41) is 4.26. The molecule has 1 amide bonds. The van der Waals surface area contributed by atoms with Crippen molar-refractivity contribution in [1.29, 1.82) is 0 Å². The Kier molecular flexibility index (Phi) is 3.49. The number of hydrogen-bond donors (Lipinski definition) is 0. The van der Waals surface area contributed by atoms with E-state index in [1.54, 1.807) is 23.2 Å². The molecule has 1 fully saturated rings. The third kappa shape index (κ3) is 2.42. The van der Waals surface area contributed by atoms with Gasteiger partial charge < -0.3 is 4.42 Å². The van der Waals surface area contributed by atoms with Gasteiger partial charge in [0.25, 0.3) is 5.91 Å². The van der Waals surface area contributed by atoms with Gasteiger partial charge in [0, 0.05) is 18.8 Å². The lowest BCUT2D eigenvalue weighted by molar-refractivity contribution is -0.118. The Morgan fingerprint density at radius 1 is 1.17 bits per heavy atom. The average Bonchev–Trinajstić information content (AvgIpc) is 3.35. The summed E-state index contributed by atoms with van der Waals surface area (Å²) in [4.78, 5) is 26.6. The zero-order valence-electron chi connectivity index (χ0n) is 12.8. The second kappa shape index (κ2) is 5.81. The highest BCUT2D eigenvalue weighted by Crippen LogP contribution is 2.31. The second-order valence-corrected chi connectivity index (χ2v) is 5.68. The van der Waals surface area contributed by atoms with Gasteiger partial charge in [0.05, 0.1) is 17.7 Å². The van der Waals surface area contributed by atoms with Gasteiger partial charge in [-0.1, -0.05) is 30.3 Å². The fraction of sp³-hybridized carbons (Fsp3) is 0.167. The largest absolute Gasteiger partial charge is 0.472 e. The smallest absolute Gasteiger partial charge is 0.281 e. The molecule has 0 aliphatic carbocycles. The zero-order valence-corrected chi connectivity index (χ0v) is 12.8. The Morgan fingerprint density at radius 2 is 2.00 bits per heavy atom. The molecule has 1 unspecified atom stereocenters. The number of amides is 1. The molecule has 24 heavy (non-hydrogen) atoms. The predicted octanol–water partition coefficient (Wildman–Crippen LogP) is 2.69. The molecular weight excluding hydrogens is 306 g/mol. The van der Waals surface area contributed by atoms with E-state index in [0.717, 1.165) is 12.0 Å². The van der Waals surface area contributed by atoms with Crippen LogP contribution in [0.2, 0.25) is 0 Å². The van der Waals surface area contributed by atoms with Crippen LogP contribution in [0.4, 0.5) is 5.82 Å². The van der Waals surface area contributed by atoms with Crippen molar-refractivity contribution in [1.82, 2.24) is 9.78 Å². The molecule has 1 aliphatic rings. The third-order valence-corrected chi connectivity index (χ3v) is 4.24. The molecule has 3 heterocycles. The first kappa shape index (κ1) is 14.4. The van der Waals surface area contributed by atoms with Gasteiger partial charge in [-0.2, -0.15) is 0 Å². The first-order valence-corrected chi connectivity index (χ1v) is 7.73. The van der Waals surface area contributed by atoms with Crippen LogP contribution in [0.3, 0.4) is 0 Å². The van der Waals surface area contributed by atoms with Crippen LogP contribution in [0.1, 0.15) is 28.3 Å². The van der Waals surface area contributed by atoms with E-state index in [-0.39, 0.29) is 17.7 Å². The molecule has 6 nitrogen and oxygen atoms in total. The number of aromatic nitrogens is 2. The molecule has 0 spiro atoms. The van der Waals surface area contributed by atoms with Gasteiger partial charge >= 0.3 is 0 Å².